The fourth-order valence-corrected chi connectivity index (χ4v) is 3.87. The molecule has 0 spiro atoms. The Morgan fingerprint density at radius 2 is 1.43 bits per heavy atom. The van der Waals surface area contributed by atoms with E-state index in [4.69, 9.17) is 4.84 Å². The maximum absolute atomic E-state index is 12.2. The first-order valence-electron chi connectivity index (χ1n) is 9.76. The first-order valence-corrected chi connectivity index (χ1v) is 9.76. The molecule has 152 valence electrons. The van der Waals surface area contributed by atoms with Gasteiger partial charge in [-0.1, -0.05) is 78.9 Å². The molecule has 0 aromatic heterocycles. The molecule has 0 heterocycles. The van der Waals surface area contributed by atoms with Crippen molar-refractivity contribution in [1.29, 1.82) is 0 Å². The number of hydrogen-bond acceptors (Lipinski definition) is 3. The minimum atomic E-state index is -1.10. The van der Waals surface area contributed by atoms with Gasteiger partial charge in [0.05, 0.1) is 6.61 Å². The average molecular weight is 402 g/mol. The summed E-state index contributed by atoms with van der Waals surface area (Å²) in [5.74, 6) is -1.11. The molecule has 6 heteroatoms. The molecule has 0 bridgehead atoms. The average Bonchev–Trinajstić information content (AvgIpc) is 3.08. The van der Waals surface area contributed by atoms with Gasteiger partial charge < -0.3 is 10.4 Å². The lowest BCUT2D eigenvalue weighted by molar-refractivity contribution is -0.139. The van der Waals surface area contributed by atoms with Crippen molar-refractivity contribution in [2.45, 2.75) is 18.4 Å². The summed E-state index contributed by atoms with van der Waals surface area (Å²) in [6, 6.07) is 23.7. The zero-order valence-corrected chi connectivity index (χ0v) is 16.2. The molecular formula is C24H22N2O4. The summed E-state index contributed by atoms with van der Waals surface area (Å²) in [6.45, 7) is 0.248. The molecule has 2 amide bonds. The second-order valence-electron chi connectivity index (χ2n) is 7.19. The third-order valence-electron chi connectivity index (χ3n) is 5.26. The van der Waals surface area contributed by atoms with Crippen LogP contribution >= 0.6 is 0 Å². The summed E-state index contributed by atoms with van der Waals surface area (Å²) in [4.78, 5) is 29.2. The summed E-state index contributed by atoms with van der Waals surface area (Å²) >= 11 is 0. The van der Waals surface area contributed by atoms with E-state index in [0.29, 0.717) is 0 Å². The number of fused-ring (bicyclic) bond motifs is 3. The predicted octanol–water partition coefficient (Wildman–Crippen LogP) is 3.73. The highest BCUT2D eigenvalue weighted by molar-refractivity contribution is 5.82. The van der Waals surface area contributed by atoms with Crippen LogP contribution in [-0.2, 0) is 16.1 Å². The number of hydrogen-bond donors (Lipinski definition) is 3. The summed E-state index contributed by atoms with van der Waals surface area (Å²) in [5, 5.41) is 11.9. The Labute approximate surface area is 174 Å². The normalized spacial score (nSPS) is 13.2. The smallest absolute Gasteiger partial charge is 0.339 e. The molecule has 1 atom stereocenters. The Morgan fingerprint density at radius 1 is 0.867 bits per heavy atom. The highest BCUT2D eigenvalue weighted by Gasteiger charge is 2.28. The van der Waals surface area contributed by atoms with Gasteiger partial charge in [-0.15, -0.1) is 0 Å². The molecule has 0 saturated carbocycles. The zero-order chi connectivity index (χ0) is 20.9. The Balaban J connectivity index is 1.36. The summed E-state index contributed by atoms with van der Waals surface area (Å²) in [7, 11) is 0. The molecule has 3 N–H and O–H groups in total. The molecule has 1 unspecified atom stereocenters. The molecule has 1 aliphatic carbocycles. The lowest BCUT2D eigenvalue weighted by atomic mass is 9.98. The van der Waals surface area contributed by atoms with E-state index < -0.39 is 18.0 Å². The zero-order valence-electron chi connectivity index (χ0n) is 16.2. The van der Waals surface area contributed by atoms with Gasteiger partial charge in [-0.3, -0.25) is 4.84 Å². The highest BCUT2D eigenvalue weighted by Crippen LogP contribution is 2.44. The van der Waals surface area contributed by atoms with Crippen molar-refractivity contribution >= 4 is 12.0 Å². The maximum atomic E-state index is 12.2. The molecule has 0 radical (unpaired) electrons. The number of hydroxylamine groups is 1. The molecule has 0 saturated heterocycles. The van der Waals surface area contributed by atoms with Crippen molar-refractivity contribution in [3.05, 3.63) is 95.6 Å². The Hall–Kier alpha value is -3.64. The summed E-state index contributed by atoms with van der Waals surface area (Å²) < 4.78 is 0. The lowest BCUT2D eigenvalue weighted by Gasteiger charge is -2.17. The van der Waals surface area contributed by atoms with E-state index in [1.807, 2.05) is 54.6 Å². The van der Waals surface area contributed by atoms with E-state index in [2.05, 4.69) is 35.1 Å². The minimum absolute atomic E-state index is 0.00251. The number of carbonyl (C=O) groups excluding carboxylic acids is 1. The fourth-order valence-electron chi connectivity index (χ4n) is 3.87. The van der Waals surface area contributed by atoms with Crippen molar-refractivity contribution in [2.24, 2.45) is 0 Å². The third-order valence-corrected chi connectivity index (χ3v) is 5.26. The maximum Gasteiger partial charge on any atom is 0.339 e. The van der Waals surface area contributed by atoms with Crippen molar-refractivity contribution in [1.82, 2.24) is 10.8 Å². The Bertz CT molecular complexity index is 1010. The van der Waals surface area contributed by atoms with Gasteiger partial charge in [0.2, 0.25) is 0 Å². The van der Waals surface area contributed by atoms with Crippen LogP contribution in [-0.4, -0.2) is 29.8 Å². The quantitative estimate of drug-likeness (QED) is 0.526. The molecule has 1 aliphatic rings. The molecule has 30 heavy (non-hydrogen) atoms. The lowest BCUT2D eigenvalue weighted by Crippen LogP contribution is -2.47. The van der Waals surface area contributed by atoms with Crippen molar-refractivity contribution in [2.75, 3.05) is 6.61 Å². The first-order chi connectivity index (χ1) is 14.6. The van der Waals surface area contributed by atoms with Crippen LogP contribution in [0.4, 0.5) is 4.79 Å². The van der Waals surface area contributed by atoms with Gasteiger partial charge >= 0.3 is 12.0 Å². The van der Waals surface area contributed by atoms with Crippen molar-refractivity contribution < 1.29 is 19.5 Å². The van der Waals surface area contributed by atoms with Crippen LogP contribution in [0.1, 0.15) is 22.6 Å². The molecule has 6 nitrogen and oxygen atoms in total. The second-order valence-corrected chi connectivity index (χ2v) is 7.19. The van der Waals surface area contributed by atoms with Gasteiger partial charge in [0.1, 0.15) is 6.04 Å². The number of rotatable bonds is 7. The molecule has 3 aromatic carbocycles. The fraction of sp³-hybridized carbons (Fsp3) is 0.167. The van der Waals surface area contributed by atoms with Gasteiger partial charge in [-0.2, -0.15) is 0 Å². The van der Waals surface area contributed by atoms with Crippen molar-refractivity contribution in [3.8, 4) is 11.1 Å². The number of carbonyl (C=O) groups is 2. The number of urea groups is 1. The molecule has 0 fully saturated rings. The number of aliphatic carboxylic acids is 1. The molecule has 3 aromatic rings. The number of carboxylic acids is 1. The monoisotopic (exact) mass is 402 g/mol. The highest BCUT2D eigenvalue weighted by atomic mass is 16.7. The largest absolute Gasteiger partial charge is 0.480 e. The number of nitrogens with one attached hydrogen (secondary N) is 2. The Morgan fingerprint density at radius 3 is 2.03 bits per heavy atom. The third kappa shape index (κ3) is 4.18. The van der Waals surface area contributed by atoms with Gasteiger partial charge in [-0.05, 0) is 27.8 Å². The number of benzene rings is 3. The number of amides is 2. The van der Waals surface area contributed by atoms with Gasteiger partial charge in [0, 0.05) is 12.3 Å². The SMILES string of the molecule is O=C(NOCC1c2ccccc2-c2ccccc21)NC(Cc1ccccc1)C(=O)O. The molecule has 0 aliphatic heterocycles. The number of carboxylic acid groups (broad SMARTS) is 1. The Kier molecular flexibility index (Phi) is 5.77. The van der Waals surface area contributed by atoms with Crippen LogP contribution in [0.15, 0.2) is 78.9 Å². The van der Waals surface area contributed by atoms with Crippen LogP contribution in [0.3, 0.4) is 0 Å². The van der Waals surface area contributed by atoms with E-state index >= 15 is 0 Å². The van der Waals surface area contributed by atoms with Gasteiger partial charge in [0.15, 0.2) is 0 Å². The second kappa shape index (κ2) is 8.80. The van der Waals surface area contributed by atoms with Gasteiger partial charge in [0.25, 0.3) is 0 Å². The van der Waals surface area contributed by atoms with E-state index in [9.17, 15) is 14.7 Å². The summed E-state index contributed by atoms with van der Waals surface area (Å²) in [6.07, 6.45) is 0.187. The van der Waals surface area contributed by atoms with E-state index in [0.717, 1.165) is 16.7 Å². The van der Waals surface area contributed by atoms with Crippen LogP contribution in [0.25, 0.3) is 11.1 Å². The van der Waals surface area contributed by atoms with Crippen LogP contribution in [0.5, 0.6) is 0 Å². The van der Waals surface area contributed by atoms with Crippen LogP contribution in [0, 0.1) is 0 Å². The molecule has 4 rings (SSSR count). The topological polar surface area (TPSA) is 87.7 Å². The van der Waals surface area contributed by atoms with Crippen molar-refractivity contribution in [3.63, 3.8) is 0 Å². The summed E-state index contributed by atoms with van der Waals surface area (Å²) in [5.41, 5.74) is 7.78. The standard InChI is InChI=1S/C24H22N2O4/c27-23(28)22(14-16-8-2-1-3-9-16)25-24(29)26-30-15-21-19-12-6-4-10-17(19)18-11-5-7-13-20(18)21/h1-13,21-22H,14-15H2,(H,27,28)(H2,25,26,29). The predicted molar refractivity (Wildman–Crippen MR) is 113 cm³/mol. The van der Waals surface area contributed by atoms with Crippen LogP contribution in [0.2, 0.25) is 0 Å². The molecular weight excluding hydrogens is 380 g/mol. The van der Waals surface area contributed by atoms with Gasteiger partial charge in [-0.25, -0.2) is 15.1 Å². The van der Waals surface area contributed by atoms with Crippen LogP contribution < -0.4 is 10.8 Å². The van der Waals surface area contributed by atoms with E-state index in [-0.39, 0.29) is 18.9 Å². The van der Waals surface area contributed by atoms with E-state index in [1.54, 1.807) is 0 Å². The van der Waals surface area contributed by atoms with E-state index in [1.165, 1.54) is 11.1 Å². The minimum Gasteiger partial charge on any atom is -0.480 e. The first kappa shape index (κ1) is 19.7.